The third-order valence-electron chi connectivity index (χ3n) is 2.62. The summed E-state index contributed by atoms with van der Waals surface area (Å²) in [5, 5.41) is 6.10. The number of methoxy groups -OCH3 is 1. The minimum atomic E-state index is -0.251. The van der Waals surface area contributed by atoms with Crippen LogP contribution in [0.1, 0.15) is 25.3 Å². The molecule has 5 heteroatoms. The molecule has 1 aromatic heterocycles. The number of nitrogens with one attached hydrogen (secondary N) is 1. The van der Waals surface area contributed by atoms with E-state index in [0.29, 0.717) is 6.54 Å². The Hall–Kier alpha value is -0.940. The van der Waals surface area contributed by atoms with Crippen molar-refractivity contribution >= 4 is 17.3 Å². The van der Waals surface area contributed by atoms with Crippen molar-refractivity contribution in [3.05, 3.63) is 16.6 Å². The quantitative estimate of drug-likeness (QED) is 0.773. The second kappa shape index (κ2) is 6.60. The van der Waals surface area contributed by atoms with Crippen molar-refractivity contribution in [2.45, 2.75) is 32.9 Å². The molecule has 0 aliphatic heterocycles. The molecule has 1 N–H and O–H groups in total. The van der Waals surface area contributed by atoms with E-state index in [9.17, 15) is 4.79 Å². The van der Waals surface area contributed by atoms with Crippen LogP contribution in [-0.4, -0.2) is 24.1 Å². The number of rotatable bonds is 6. The molecule has 0 aliphatic carbocycles. The first-order valence-corrected chi connectivity index (χ1v) is 6.26. The van der Waals surface area contributed by atoms with E-state index in [1.54, 1.807) is 17.5 Å². The molecule has 0 spiro atoms. The number of carbonyl (C=O) groups excluding carboxylic acids is 1. The van der Waals surface area contributed by atoms with E-state index in [1.807, 2.05) is 12.3 Å². The summed E-state index contributed by atoms with van der Waals surface area (Å²) in [6.45, 7) is 4.71. The standard InChI is InChI=1S/C11H18N2O2S/c1-4-8(2)10(11(14)15-3)13-7-9-12-5-6-16-9/h5-6,8,10,13H,4,7H2,1-3H3. The molecule has 16 heavy (non-hydrogen) atoms. The Kier molecular flexibility index (Phi) is 5.42. The molecule has 90 valence electrons. The predicted molar refractivity (Wildman–Crippen MR) is 64.2 cm³/mol. The molecule has 1 heterocycles. The molecule has 4 nitrogen and oxygen atoms in total. The van der Waals surface area contributed by atoms with Crippen molar-refractivity contribution in [3.63, 3.8) is 0 Å². The van der Waals surface area contributed by atoms with Gasteiger partial charge in [0.25, 0.3) is 0 Å². The van der Waals surface area contributed by atoms with Crippen LogP contribution in [0.2, 0.25) is 0 Å². The summed E-state index contributed by atoms with van der Waals surface area (Å²) in [7, 11) is 1.42. The van der Waals surface area contributed by atoms with Gasteiger partial charge in [0.15, 0.2) is 0 Å². The third-order valence-corrected chi connectivity index (χ3v) is 3.40. The van der Waals surface area contributed by atoms with Gasteiger partial charge in [-0.1, -0.05) is 20.3 Å². The summed E-state index contributed by atoms with van der Waals surface area (Å²) in [6.07, 6.45) is 2.70. The zero-order chi connectivity index (χ0) is 12.0. The lowest BCUT2D eigenvalue weighted by Crippen LogP contribution is -2.42. The highest BCUT2D eigenvalue weighted by molar-refractivity contribution is 7.09. The molecule has 1 aromatic rings. The predicted octanol–water partition coefficient (Wildman–Crippen LogP) is 1.82. The Bertz CT molecular complexity index is 314. The van der Waals surface area contributed by atoms with Crippen LogP contribution >= 0.6 is 11.3 Å². The van der Waals surface area contributed by atoms with E-state index in [2.05, 4.69) is 17.2 Å². The Balaban J connectivity index is 2.53. The maximum absolute atomic E-state index is 11.6. The largest absolute Gasteiger partial charge is 0.468 e. The highest BCUT2D eigenvalue weighted by Crippen LogP contribution is 2.11. The number of nitrogens with zero attached hydrogens (tertiary/aromatic N) is 1. The normalized spacial score (nSPS) is 14.4. The van der Waals surface area contributed by atoms with Crippen LogP contribution in [0.4, 0.5) is 0 Å². The fourth-order valence-corrected chi connectivity index (χ4v) is 1.98. The van der Waals surface area contributed by atoms with Crippen molar-refractivity contribution in [2.24, 2.45) is 5.92 Å². The summed E-state index contributed by atoms with van der Waals surface area (Å²) < 4.78 is 4.79. The van der Waals surface area contributed by atoms with Gasteiger partial charge < -0.3 is 4.74 Å². The van der Waals surface area contributed by atoms with Gasteiger partial charge in [-0.3, -0.25) is 10.1 Å². The SMILES string of the molecule is CCC(C)C(NCc1nccs1)C(=O)OC. The average Bonchev–Trinajstić information content (AvgIpc) is 2.81. The lowest BCUT2D eigenvalue weighted by atomic mass is 9.99. The van der Waals surface area contributed by atoms with Gasteiger partial charge in [-0.05, 0) is 5.92 Å². The highest BCUT2D eigenvalue weighted by Gasteiger charge is 2.24. The van der Waals surface area contributed by atoms with E-state index < -0.39 is 0 Å². The van der Waals surface area contributed by atoms with E-state index >= 15 is 0 Å². The Morgan fingerprint density at radius 2 is 2.44 bits per heavy atom. The van der Waals surface area contributed by atoms with Crippen molar-refractivity contribution in [3.8, 4) is 0 Å². The minimum absolute atomic E-state index is 0.203. The molecule has 0 saturated heterocycles. The van der Waals surface area contributed by atoms with Crippen LogP contribution < -0.4 is 5.32 Å². The maximum atomic E-state index is 11.6. The molecule has 2 unspecified atom stereocenters. The summed E-state index contributed by atoms with van der Waals surface area (Å²) in [4.78, 5) is 15.7. The average molecular weight is 242 g/mol. The van der Waals surface area contributed by atoms with Gasteiger partial charge in [0, 0.05) is 18.1 Å². The molecule has 2 atom stereocenters. The summed E-state index contributed by atoms with van der Waals surface area (Å²) >= 11 is 1.58. The number of hydrogen-bond acceptors (Lipinski definition) is 5. The fourth-order valence-electron chi connectivity index (χ4n) is 1.42. The number of esters is 1. The summed E-state index contributed by atoms with van der Waals surface area (Å²) in [5.41, 5.74) is 0. The molecular formula is C11H18N2O2S. The molecule has 0 aliphatic rings. The zero-order valence-electron chi connectivity index (χ0n) is 9.90. The van der Waals surface area contributed by atoms with Gasteiger partial charge in [0.05, 0.1) is 7.11 Å². The molecule has 0 bridgehead atoms. The number of carbonyl (C=O) groups is 1. The monoisotopic (exact) mass is 242 g/mol. The van der Waals surface area contributed by atoms with Gasteiger partial charge in [0.2, 0.25) is 0 Å². The Morgan fingerprint density at radius 1 is 1.69 bits per heavy atom. The van der Waals surface area contributed by atoms with E-state index in [4.69, 9.17) is 4.74 Å². The molecule has 0 saturated carbocycles. The molecular weight excluding hydrogens is 224 g/mol. The second-order valence-corrected chi connectivity index (χ2v) is 4.67. The molecule has 0 fully saturated rings. The van der Waals surface area contributed by atoms with Gasteiger partial charge in [0.1, 0.15) is 11.0 Å². The third kappa shape index (κ3) is 3.57. The topological polar surface area (TPSA) is 51.2 Å². The number of hydrogen-bond donors (Lipinski definition) is 1. The maximum Gasteiger partial charge on any atom is 0.323 e. The van der Waals surface area contributed by atoms with E-state index in [0.717, 1.165) is 11.4 Å². The Labute approximate surface area is 100 Å². The van der Waals surface area contributed by atoms with Crippen molar-refractivity contribution in [1.29, 1.82) is 0 Å². The van der Waals surface area contributed by atoms with Crippen LogP contribution in [0.15, 0.2) is 11.6 Å². The molecule has 0 aromatic carbocycles. The smallest absolute Gasteiger partial charge is 0.323 e. The molecule has 0 amide bonds. The first-order chi connectivity index (χ1) is 7.69. The zero-order valence-corrected chi connectivity index (χ0v) is 10.7. The van der Waals surface area contributed by atoms with Gasteiger partial charge in [-0.25, -0.2) is 4.98 Å². The molecule has 0 radical (unpaired) electrons. The van der Waals surface area contributed by atoms with Crippen molar-refractivity contribution in [1.82, 2.24) is 10.3 Å². The van der Waals surface area contributed by atoms with Crippen molar-refractivity contribution in [2.75, 3.05) is 7.11 Å². The first kappa shape index (κ1) is 13.1. The number of thiazole rings is 1. The Morgan fingerprint density at radius 3 is 2.94 bits per heavy atom. The van der Waals surface area contributed by atoms with Gasteiger partial charge >= 0.3 is 5.97 Å². The van der Waals surface area contributed by atoms with Gasteiger partial charge in [-0.15, -0.1) is 11.3 Å². The van der Waals surface area contributed by atoms with Crippen LogP contribution in [0, 0.1) is 5.92 Å². The second-order valence-electron chi connectivity index (χ2n) is 3.69. The number of ether oxygens (including phenoxy) is 1. The molecule has 1 rings (SSSR count). The van der Waals surface area contributed by atoms with Crippen LogP contribution in [0.3, 0.4) is 0 Å². The highest BCUT2D eigenvalue weighted by atomic mass is 32.1. The van der Waals surface area contributed by atoms with Crippen LogP contribution in [0.5, 0.6) is 0 Å². The van der Waals surface area contributed by atoms with Crippen molar-refractivity contribution < 1.29 is 9.53 Å². The number of aromatic nitrogens is 1. The van der Waals surface area contributed by atoms with Crippen LogP contribution in [-0.2, 0) is 16.1 Å². The van der Waals surface area contributed by atoms with Gasteiger partial charge in [-0.2, -0.15) is 0 Å². The summed E-state index contributed by atoms with van der Waals surface area (Å²) in [6, 6.07) is -0.251. The summed E-state index contributed by atoms with van der Waals surface area (Å²) in [5.74, 6) is 0.0540. The fraction of sp³-hybridized carbons (Fsp3) is 0.636. The lowest BCUT2D eigenvalue weighted by molar-refractivity contribution is -0.144. The van der Waals surface area contributed by atoms with Crippen LogP contribution in [0.25, 0.3) is 0 Å². The minimum Gasteiger partial charge on any atom is -0.468 e. The lowest BCUT2D eigenvalue weighted by Gasteiger charge is -2.21. The van der Waals surface area contributed by atoms with E-state index in [-0.39, 0.29) is 17.9 Å². The first-order valence-electron chi connectivity index (χ1n) is 5.38. The van der Waals surface area contributed by atoms with E-state index in [1.165, 1.54) is 7.11 Å².